The summed E-state index contributed by atoms with van der Waals surface area (Å²) in [6.07, 6.45) is 3.02. The zero-order valence-electron chi connectivity index (χ0n) is 11.8. The number of esters is 1. The van der Waals surface area contributed by atoms with Gasteiger partial charge in [-0.2, -0.15) is 0 Å². The average Bonchev–Trinajstić information content (AvgIpc) is 2.96. The molecule has 1 heterocycles. The third-order valence-electron chi connectivity index (χ3n) is 2.83. The molecule has 1 N–H and O–H groups in total. The minimum Gasteiger partial charge on any atom is -0.465 e. The van der Waals surface area contributed by atoms with E-state index in [9.17, 15) is 9.59 Å². The summed E-state index contributed by atoms with van der Waals surface area (Å²) in [4.78, 5) is 23.0. The zero-order chi connectivity index (χ0) is 15.9. The number of ether oxygens (including phenoxy) is 1. The van der Waals surface area contributed by atoms with Gasteiger partial charge in [0.2, 0.25) is 5.91 Å². The quantitative estimate of drug-likeness (QED) is 0.467. The van der Waals surface area contributed by atoms with Crippen LogP contribution in [0, 0.1) is 3.77 Å². The molecule has 0 bridgehead atoms. The number of carbonyl (C=O) groups excluding carboxylic acids is 2. The van der Waals surface area contributed by atoms with E-state index in [1.165, 1.54) is 13.2 Å². The van der Waals surface area contributed by atoms with E-state index < -0.39 is 0 Å². The number of carbonyl (C=O) groups is 2. The molecule has 0 saturated heterocycles. The summed E-state index contributed by atoms with van der Waals surface area (Å²) in [6, 6.07) is 10.5. The second-order valence-corrected chi connectivity index (χ2v) is 5.44. The van der Waals surface area contributed by atoms with Gasteiger partial charge in [-0.25, -0.2) is 4.79 Å². The number of hydrogen-bond donors (Lipinski definition) is 1. The number of furan rings is 1. The molecule has 1 amide bonds. The van der Waals surface area contributed by atoms with Crippen LogP contribution in [0.3, 0.4) is 0 Å². The minimum atomic E-state index is -0.383. The lowest BCUT2D eigenvalue weighted by molar-refractivity contribution is -0.116. The van der Waals surface area contributed by atoms with Crippen molar-refractivity contribution in [3.63, 3.8) is 0 Å². The molecule has 0 aliphatic heterocycles. The normalized spacial score (nSPS) is 10.6. The van der Waals surface area contributed by atoms with E-state index in [0.29, 0.717) is 17.9 Å². The lowest BCUT2D eigenvalue weighted by atomic mass is 10.1. The molecule has 2 aromatic rings. The van der Waals surface area contributed by atoms with E-state index in [0.717, 1.165) is 9.33 Å². The minimum absolute atomic E-state index is 0.219. The third-order valence-corrected chi connectivity index (χ3v) is 3.41. The summed E-state index contributed by atoms with van der Waals surface area (Å²) < 4.78 is 10.7. The summed E-state index contributed by atoms with van der Waals surface area (Å²) in [5.41, 5.74) is 1.37. The first kappa shape index (κ1) is 16.3. The van der Waals surface area contributed by atoms with Gasteiger partial charge < -0.3 is 14.5 Å². The third kappa shape index (κ3) is 4.73. The van der Waals surface area contributed by atoms with Gasteiger partial charge in [-0.1, -0.05) is 12.1 Å². The number of halogens is 1. The van der Waals surface area contributed by atoms with Crippen LogP contribution in [0.15, 0.2) is 46.9 Å². The van der Waals surface area contributed by atoms with Gasteiger partial charge in [0, 0.05) is 12.6 Å². The number of benzene rings is 1. The van der Waals surface area contributed by atoms with Crippen LogP contribution in [0.4, 0.5) is 0 Å². The van der Waals surface area contributed by atoms with Gasteiger partial charge in [-0.15, -0.1) is 0 Å². The standard InChI is InChI=1S/C16H14INO4/c1-21-16(20)12-4-2-11(3-5-12)10-18-15(19)9-7-13-6-8-14(17)22-13/h2-9H,10H2,1H3,(H,18,19)/b9-7+. The van der Waals surface area contributed by atoms with Crippen LogP contribution in [0.2, 0.25) is 0 Å². The van der Waals surface area contributed by atoms with E-state index in [1.54, 1.807) is 36.4 Å². The van der Waals surface area contributed by atoms with Crippen molar-refractivity contribution in [2.24, 2.45) is 0 Å². The van der Waals surface area contributed by atoms with Crippen molar-refractivity contribution < 1.29 is 18.7 Å². The Morgan fingerprint density at radius 2 is 1.95 bits per heavy atom. The summed E-state index contributed by atoms with van der Waals surface area (Å²) >= 11 is 2.06. The SMILES string of the molecule is COC(=O)c1ccc(CNC(=O)/C=C/c2ccc(I)o2)cc1. The Balaban J connectivity index is 1.85. The average molecular weight is 411 g/mol. The Hall–Kier alpha value is -2.09. The molecule has 0 unspecified atom stereocenters. The van der Waals surface area contributed by atoms with Crippen molar-refractivity contribution in [3.05, 3.63) is 63.1 Å². The first-order chi connectivity index (χ1) is 10.6. The predicted molar refractivity (Wildman–Crippen MR) is 90.1 cm³/mol. The number of nitrogens with one attached hydrogen (secondary N) is 1. The van der Waals surface area contributed by atoms with Crippen molar-refractivity contribution in [2.45, 2.75) is 6.54 Å². The van der Waals surface area contributed by atoms with Crippen LogP contribution < -0.4 is 5.32 Å². The highest BCUT2D eigenvalue weighted by Crippen LogP contribution is 2.11. The van der Waals surface area contributed by atoms with E-state index in [2.05, 4.69) is 32.6 Å². The lowest BCUT2D eigenvalue weighted by Gasteiger charge is -2.04. The fourth-order valence-electron chi connectivity index (χ4n) is 1.70. The van der Waals surface area contributed by atoms with Crippen LogP contribution in [0.5, 0.6) is 0 Å². The van der Waals surface area contributed by atoms with E-state index >= 15 is 0 Å². The van der Waals surface area contributed by atoms with Crippen molar-refractivity contribution in [1.29, 1.82) is 0 Å². The molecule has 6 heteroatoms. The van der Waals surface area contributed by atoms with Gasteiger partial charge >= 0.3 is 5.97 Å². The van der Waals surface area contributed by atoms with Gasteiger partial charge in [-0.05, 0) is 58.5 Å². The Morgan fingerprint density at radius 1 is 1.23 bits per heavy atom. The summed E-state index contributed by atoms with van der Waals surface area (Å²) in [7, 11) is 1.34. The fourth-order valence-corrected chi connectivity index (χ4v) is 2.13. The van der Waals surface area contributed by atoms with E-state index in [1.807, 2.05) is 6.07 Å². The van der Waals surface area contributed by atoms with Crippen molar-refractivity contribution >= 4 is 40.5 Å². The van der Waals surface area contributed by atoms with Crippen molar-refractivity contribution in [2.75, 3.05) is 7.11 Å². The number of rotatable bonds is 5. The molecule has 0 spiro atoms. The monoisotopic (exact) mass is 411 g/mol. The Morgan fingerprint density at radius 3 is 2.55 bits per heavy atom. The van der Waals surface area contributed by atoms with E-state index in [-0.39, 0.29) is 11.9 Å². The van der Waals surface area contributed by atoms with Crippen LogP contribution >= 0.6 is 22.6 Å². The summed E-state index contributed by atoms with van der Waals surface area (Å²) in [5.74, 6) is 0.0250. The molecule has 114 valence electrons. The molecular formula is C16H14INO4. The van der Waals surface area contributed by atoms with Gasteiger partial charge in [-0.3, -0.25) is 4.79 Å². The Kier molecular flexibility index (Phi) is 5.76. The smallest absolute Gasteiger partial charge is 0.337 e. The second kappa shape index (κ2) is 7.79. The Labute approximate surface area is 141 Å². The molecule has 5 nitrogen and oxygen atoms in total. The topological polar surface area (TPSA) is 68.5 Å². The molecule has 0 saturated carbocycles. The first-order valence-corrected chi connectivity index (χ1v) is 7.55. The predicted octanol–water partition coefficient (Wildman–Crippen LogP) is 3.00. The van der Waals surface area contributed by atoms with Crippen molar-refractivity contribution in [3.8, 4) is 0 Å². The molecule has 0 aliphatic carbocycles. The molecule has 0 atom stereocenters. The molecule has 1 aromatic carbocycles. The van der Waals surface area contributed by atoms with Gasteiger partial charge in [0.15, 0.2) is 3.77 Å². The molecule has 2 rings (SSSR count). The first-order valence-electron chi connectivity index (χ1n) is 6.47. The molecule has 22 heavy (non-hydrogen) atoms. The highest BCUT2D eigenvalue weighted by Gasteiger charge is 2.04. The second-order valence-electron chi connectivity index (χ2n) is 4.38. The number of hydrogen-bond acceptors (Lipinski definition) is 4. The van der Waals surface area contributed by atoms with Crippen molar-refractivity contribution in [1.82, 2.24) is 5.32 Å². The Bertz CT molecular complexity index is 688. The highest BCUT2D eigenvalue weighted by molar-refractivity contribution is 14.1. The maximum Gasteiger partial charge on any atom is 0.337 e. The van der Waals surface area contributed by atoms with Gasteiger partial charge in [0.1, 0.15) is 5.76 Å². The zero-order valence-corrected chi connectivity index (χ0v) is 14.0. The highest BCUT2D eigenvalue weighted by atomic mass is 127. The van der Waals surface area contributed by atoms with Gasteiger partial charge in [0.25, 0.3) is 0 Å². The fraction of sp³-hybridized carbons (Fsp3) is 0.125. The molecular weight excluding hydrogens is 397 g/mol. The number of amides is 1. The van der Waals surface area contributed by atoms with Crippen LogP contribution in [0.25, 0.3) is 6.08 Å². The maximum absolute atomic E-state index is 11.7. The molecule has 0 fully saturated rings. The molecule has 1 aromatic heterocycles. The van der Waals surface area contributed by atoms with Gasteiger partial charge in [0.05, 0.1) is 12.7 Å². The molecule has 0 radical (unpaired) electrons. The van der Waals surface area contributed by atoms with Crippen LogP contribution in [-0.4, -0.2) is 19.0 Å². The van der Waals surface area contributed by atoms with Crippen LogP contribution in [0.1, 0.15) is 21.7 Å². The summed E-state index contributed by atoms with van der Waals surface area (Å²) in [5, 5.41) is 2.75. The summed E-state index contributed by atoms with van der Waals surface area (Å²) in [6.45, 7) is 0.375. The molecule has 0 aliphatic rings. The largest absolute Gasteiger partial charge is 0.465 e. The maximum atomic E-state index is 11.7. The van der Waals surface area contributed by atoms with Crippen LogP contribution in [-0.2, 0) is 16.1 Å². The lowest BCUT2D eigenvalue weighted by Crippen LogP contribution is -2.20. The van der Waals surface area contributed by atoms with E-state index in [4.69, 9.17) is 4.42 Å². The number of methoxy groups -OCH3 is 1.